The third-order valence-corrected chi connectivity index (χ3v) is 3.57. The molecule has 0 unspecified atom stereocenters. The van der Waals surface area contributed by atoms with Crippen molar-refractivity contribution in [3.05, 3.63) is 72.1 Å². The standard InChI is InChI=1S/C19H19N5O2/c1-2-26-17-11-9-16(10-12-17)24-18(21-22-23-24)14-20-19(25)13-8-15-6-4-3-5-7-15/h3-13H,2,14H2,1H3,(H,20,25)/b13-8-. The summed E-state index contributed by atoms with van der Waals surface area (Å²) in [5.41, 5.74) is 1.75. The Labute approximate surface area is 151 Å². The van der Waals surface area contributed by atoms with E-state index in [9.17, 15) is 4.79 Å². The fourth-order valence-corrected chi connectivity index (χ4v) is 2.33. The van der Waals surface area contributed by atoms with E-state index in [0.717, 1.165) is 17.0 Å². The molecule has 1 N–H and O–H groups in total. The number of hydrogen-bond acceptors (Lipinski definition) is 5. The molecule has 7 heteroatoms. The van der Waals surface area contributed by atoms with E-state index in [-0.39, 0.29) is 12.5 Å². The highest BCUT2D eigenvalue weighted by atomic mass is 16.5. The van der Waals surface area contributed by atoms with Crippen molar-refractivity contribution in [2.75, 3.05) is 6.61 Å². The van der Waals surface area contributed by atoms with Gasteiger partial charge in [-0.2, -0.15) is 4.68 Å². The van der Waals surface area contributed by atoms with Gasteiger partial charge in [0.1, 0.15) is 5.75 Å². The van der Waals surface area contributed by atoms with Crippen LogP contribution < -0.4 is 10.1 Å². The number of amides is 1. The predicted molar refractivity (Wildman–Crippen MR) is 97.6 cm³/mol. The van der Waals surface area contributed by atoms with Crippen LogP contribution in [-0.2, 0) is 11.3 Å². The summed E-state index contributed by atoms with van der Waals surface area (Å²) in [6, 6.07) is 17.1. The summed E-state index contributed by atoms with van der Waals surface area (Å²) >= 11 is 0. The first-order chi connectivity index (χ1) is 12.8. The van der Waals surface area contributed by atoms with Crippen molar-refractivity contribution in [2.24, 2.45) is 0 Å². The van der Waals surface area contributed by atoms with E-state index in [1.165, 1.54) is 6.08 Å². The van der Waals surface area contributed by atoms with Crippen LogP contribution in [0, 0.1) is 0 Å². The first kappa shape index (κ1) is 17.3. The van der Waals surface area contributed by atoms with Gasteiger partial charge in [0.25, 0.3) is 0 Å². The van der Waals surface area contributed by atoms with Crippen molar-refractivity contribution in [1.82, 2.24) is 25.5 Å². The predicted octanol–water partition coefficient (Wildman–Crippen LogP) is 2.39. The molecule has 2 aromatic carbocycles. The molecule has 1 heterocycles. The van der Waals surface area contributed by atoms with Crippen molar-refractivity contribution in [3.63, 3.8) is 0 Å². The summed E-state index contributed by atoms with van der Waals surface area (Å²) in [5, 5.41) is 14.4. The molecule has 0 saturated heterocycles. The molecular formula is C19H19N5O2. The van der Waals surface area contributed by atoms with Gasteiger partial charge >= 0.3 is 0 Å². The van der Waals surface area contributed by atoms with E-state index in [1.54, 1.807) is 10.8 Å². The Morgan fingerprint density at radius 1 is 1.15 bits per heavy atom. The molecular weight excluding hydrogens is 330 g/mol. The molecule has 3 aromatic rings. The molecule has 0 saturated carbocycles. The zero-order valence-corrected chi connectivity index (χ0v) is 14.4. The Hall–Kier alpha value is -3.48. The van der Waals surface area contributed by atoms with E-state index >= 15 is 0 Å². The van der Waals surface area contributed by atoms with Crippen molar-refractivity contribution in [2.45, 2.75) is 13.5 Å². The summed E-state index contributed by atoms with van der Waals surface area (Å²) in [6.45, 7) is 2.76. The van der Waals surface area contributed by atoms with Crippen LogP contribution in [0.4, 0.5) is 0 Å². The monoisotopic (exact) mass is 349 g/mol. The van der Waals surface area contributed by atoms with E-state index in [4.69, 9.17) is 4.74 Å². The lowest BCUT2D eigenvalue weighted by molar-refractivity contribution is -0.116. The van der Waals surface area contributed by atoms with E-state index < -0.39 is 0 Å². The minimum Gasteiger partial charge on any atom is -0.494 e. The highest BCUT2D eigenvalue weighted by Crippen LogP contribution is 2.15. The number of rotatable bonds is 7. The average Bonchev–Trinajstić information content (AvgIpc) is 3.15. The largest absolute Gasteiger partial charge is 0.494 e. The second kappa shape index (κ2) is 8.57. The van der Waals surface area contributed by atoms with Gasteiger partial charge in [-0.1, -0.05) is 30.3 Å². The van der Waals surface area contributed by atoms with Crippen molar-refractivity contribution < 1.29 is 9.53 Å². The molecule has 0 aliphatic carbocycles. The first-order valence-electron chi connectivity index (χ1n) is 8.27. The highest BCUT2D eigenvalue weighted by molar-refractivity contribution is 5.91. The van der Waals surface area contributed by atoms with Crippen LogP contribution in [0.5, 0.6) is 5.75 Å². The van der Waals surface area contributed by atoms with Gasteiger partial charge in [0, 0.05) is 6.08 Å². The van der Waals surface area contributed by atoms with Crippen LogP contribution >= 0.6 is 0 Å². The van der Waals surface area contributed by atoms with Gasteiger partial charge in [-0.25, -0.2) is 0 Å². The Balaban J connectivity index is 1.62. The molecule has 1 aromatic heterocycles. The van der Waals surface area contributed by atoms with Crippen LogP contribution in [-0.4, -0.2) is 32.7 Å². The number of ether oxygens (including phenoxy) is 1. The quantitative estimate of drug-likeness (QED) is 0.662. The number of carbonyl (C=O) groups excluding carboxylic acids is 1. The van der Waals surface area contributed by atoms with Crippen LogP contribution in [0.25, 0.3) is 11.8 Å². The number of nitrogens with zero attached hydrogens (tertiary/aromatic N) is 4. The van der Waals surface area contributed by atoms with Crippen molar-refractivity contribution in [1.29, 1.82) is 0 Å². The zero-order chi connectivity index (χ0) is 18.2. The van der Waals surface area contributed by atoms with Gasteiger partial charge in [-0.3, -0.25) is 4.79 Å². The van der Waals surface area contributed by atoms with Crippen molar-refractivity contribution >= 4 is 12.0 Å². The van der Waals surface area contributed by atoms with Gasteiger partial charge < -0.3 is 10.1 Å². The topological polar surface area (TPSA) is 81.9 Å². The summed E-state index contributed by atoms with van der Waals surface area (Å²) in [4.78, 5) is 12.0. The number of benzene rings is 2. The van der Waals surface area contributed by atoms with Crippen molar-refractivity contribution in [3.8, 4) is 11.4 Å². The second-order valence-corrected chi connectivity index (χ2v) is 5.40. The average molecular weight is 349 g/mol. The van der Waals surface area contributed by atoms with Crippen LogP contribution in [0.2, 0.25) is 0 Å². The van der Waals surface area contributed by atoms with E-state index in [0.29, 0.717) is 12.4 Å². The Morgan fingerprint density at radius 2 is 1.92 bits per heavy atom. The maximum Gasteiger partial charge on any atom is 0.244 e. The molecule has 0 spiro atoms. The molecule has 132 valence electrons. The number of aromatic nitrogens is 4. The molecule has 0 radical (unpaired) electrons. The molecule has 0 bridgehead atoms. The molecule has 0 fully saturated rings. The summed E-state index contributed by atoms with van der Waals surface area (Å²) in [7, 11) is 0. The lowest BCUT2D eigenvalue weighted by Crippen LogP contribution is -2.22. The molecule has 26 heavy (non-hydrogen) atoms. The maximum atomic E-state index is 12.0. The molecule has 0 aliphatic rings. The number of hydrogen-bond donors (Lipinski definition) is 1. The minimum absolute atomic E-state index is 0.213. The summed E-state index contributed by atoms with van der Waals surface area (Å²) in [5.74, 6) is 1.11. The molecule has 1 amide bonds. The first-order valence-corrected chi connectivity index (χ1v) is 8.27. The number of carbonyl (C=O) groups is 1. The van der Waals surface area contributed by atoms with Crippen LogP contribution in [0.15, 0.2) is 60.7 Å². The van der Waals surface area contributed by atoms with Crippen LogP contribution in [0.1, 0.15) is 18.3 Å². The SMILES string of the molecule is CCOc1ccc(-n2nnnc2CNC(=O)/C=C\c2ccccc2)cc1. The van der Waals surface area contributed by atoms with Gasteiger partial charge in [-0.15, -0.1) is 5.10 Å². The smallest absolute Gasteiger partial charge is 0.244 e. The van der Waals surface area contributed by atoms with E-state index in [1.807, 2.05) is 61.5 Å². The minimum atomic E-state index is -0.213. The second-order valence-electron chi connectivity index (χ2n) is 5.40. The lowest BCUT2D eigenvalue weighted by atomic mass is 10.2. The van der Waals surface area contributed by atoms with Gasteiger partial charge in [0.05, 0.1) is 18.8 Å². The normalized spacial score (nSPS) is 10.8. The number of nitrogens with one attached hydrogen (secondary N) is 1. The summed E-state index contributed by atoms with van der Waals surface area (Å²) < 4.78 is 7.01. The molecule has 3 rings (SSSR count). The van der Waals surface area contributed by atoms with Gasteiger partial charge in [0.15, 0.2) is 5.82 Å². The zero-order valence-electron chi connectivity index (χ0n) is 14.4. The molecule has 0 aliphatic heterocycles. The molecule has 0 atom stereocenters. The number of tetrazole rings is 1. The fraction of sp³-hybridized carbons (Fsp3) is 0.158. The summed E-state index contributed by atoms with van der Waals surface area (Å²) in [6.07, 6.45) is 3.24. The third kappa shape index (κ3) is 4.54. The Morgan fingerprint density at radius 3 is 2.65 bits per heavy atom. The molecule has 7 nitrogen and oxygen atoms in total. The maximum absolute atomic E-state index is 12.0. The third-order valence-electron chi connectivity index (χ3n) is 3.57. The van der Waals surface area contributed by atoms with E-state index in [2.05, 4.69) is 20.8 Å². The highest BCUT2D eigenvalue weighted by Gasteiger charge is 2.09. The Kier molecular flexibility index (Phi) is 5.72. The Bertz CT molecular complexity index is 872. The van der Waals surface area contributed by atoms with Gasteiger partial charge in [0.2, 0.25) is 5.91 Å². The van der Waals surface area contributed by atoms with Gasteiger partial charge in [-0.05, 0) is 53.3 Å². The fourth-order valence-electron chi connectivity index (χ4n) is 2.33. The lowest BCUT2D eigenvalue weighted by Gasteiger charge is -2.07. The van der Waals surface area contributed by atoms with Crippen LogP contribution in [0.3, 0.4) is 0 Å².